The summed E-state index contributed by atoms with van der Waals surface area (Å²) in [4.78, 5) is 5.77. The Morgan fingerprint density at radius 2 is 2.04 bits per heavy atom. The third kappa shape index (κ3) is 4.56. The van der Waals surface area contributed by atoms with E-state index in [1.54, 1.807) is 11.3 Å². The first-order valence-electron chi connectivity index (χ1n) is 8.72. The van der Waals surface area contributed by atoms with Gasteiger partial charge >= 0.3 is 0 Å². The van der Waals surface area contributed by atoms with Gasteiger partial charge in [0.1, 0.15) is 5.75 Å². The monoisotopic (exact) mass is 346 g/mol. The Bertz CT molecular complexity index is 635. The lowest BCUT2D eigenvalue weighted by Crippen LogP contribution is -2.20. The molecule has 0 spiro atoms. The van der Waals surface area contributed by atoms with Crippen LogP contribution in [0.5, 0.6) is 5.75 Å². The summed E-state index contributed by atoms with van der Waals surface area (Å²) in [5, 5.41) is 14.9. The summed E-state index contributed by atoms with van der Waals surface area (Å²) >= 11 is 1.80. The summed E-state index contributed by atoms with van der Waals surface area (Å²) in [6.07, 6.45) is 5.52. The molecule has 2 N–H and O–H groups in total. The minimum absolute atomic E-state index is 0.159. The number of nitrogens with one attached hydrogen (secondary N) is 1. The van der Waals surface area contributed by atoms with E-state index < -0.39 is 6.10 Å². The van der Waals surface area contributed by atoms with Crippen LogP contribution >= 0.6 is 11.3 Å². The molecule has 0 radical (unpaired) electrons. The topological polar surface area (TPSA) is 54.4 Å². The summed E-state index contributed by atoms with van der Waals surface area (Å²) < 4.78 is 5.62. The van der Waals surface area contributed by atoms with Crippen LogP contribution in [0.2, 0.25) is 0 Å². The van der Waals surface area contributed by atoms with Crippen LogP contribution in [0.25, 0.3) is 0 Å². The molecular formula is C19H26N2O2S. The Labute approximate surface area is 147 Å². The average molecular weight is 346 g/mol. The van der Waals surface area contributed by atoms with E-state index in [4.69, 9.17) is 4.74 Å². The van der Waals surface area contributed by atoms with Crippen LogP contribution in [-0.4, -0.2) is 22.7 Å². The van der Waals surface area contributed by atoms with Gasteiger partial charge in [-0.05, 0) is 44.4 Å². The smallest absolute Gasteiger partial charge is 0.119 e. The van der Waals surface area contributed by atoms with Crippen molar-refractivity contribution < 1.29 is 9.84 Å². The summed E-state index contributed by atoms with van der Waals surface area (Å²) in [6.45, 7) is 5.29. The Hall–Kier alpha value is -1.43. The maximum absolute atomic E-state index is 10.3. The van der Waals surface area contributed by atoms with Gasteiger partial charge in [0.15, 0.2) is 0 Å². The van der Waals surface area contributed by atoms with E-state index in [1.165, 1.54) is 29.1 Å². The first kappa shape index (κ1) is 17.4. The van der Waals surface area contributed by atoms with Crippen LogP contribution in [-0.2, 0) is 6.54 Å². The van der Waals surface area contributed by atoms with Gasteiger partial charge in [0.05, 0.1) is 17.2 Å². The molecule has 1 fully saturated rings. The number of nitrogens with zero attached hydrogens (tertiary/aromatic N) is 1. The fourth-order valence-corrected chi connectivity index (χ4v) is 3.79. The van der Waals surface area contributed by atoms with E-state index in [1.807, 2.05) is 44.3 Å². The van der Waals surface area contributed by atoms with Crippen LogP contribution < -0.4 is 10.1 Å². The lowest BCUT2D eigenvalue weighted by atomic mass is 9.86. The largest absolute Gasteiger partial charge is 0.491 e. The van der Waals surface area contributed by atoms with Crippen molar-refractivity contribution in [2.24, 2.45) is 0 Å². The SMILES string of the molecule is CC(C)Oc1ccc(C(O)CNCc2cnc(C3CCC3)s2)cc1. The van der Waals surface area contributed by atoms with E-state index in [-0.39, 0.29) is 6.10 Å². The fourth-order valence-electron chi connectivity index (χ4n) is 2.74. The first-order chi connectivity index (χ1) is 11.6. The van der Waals surface area contributed by atoms with Gasteiger partial charge in [-0.2, -0.15) is 0 Å². The molecule has 130 valence electrons. The normalized spacial score (nSPS) is 16.2. The number of aromatic nitrogens is 1. The van der Waals surface area contributed by atoms with Crippen LogP contribution in [0.15, 0.2) is 30.5 Å². The molecule has 1 aromatic carbocycles. The van der Waals surface area contributed by atoms with E-state index in [9.17, 15) is 5.11 Å². The minimum Gasteiger partial charge on any atom is -0.491 e. The van der Waals surface area contributed by atoms with Crippen LogP contribution in [0.4, 0.5) is 0 Å². The standard InChI is InChI=1S/C19H26N2O2S/c1-13(2)23-16-8-6-14(7-9-16)18(22)12-20-10-17-11-21-19(24-17)15-4-3-5-15/h6-9,11,13,15,18,20,22H,3-5,10,12H2,1-2H3. The highest BCUT2D eigenvalue weighted by Crippen LogP contribution is 2.38. The molecule has 1 aromatic heterocycles. The Morgan fingerprint density at radius 3 is 2.67 bits per heavy atom. The van der Waals surface area contributed by atoms with Crippen LogP contribution in [0.1, 0.15) is 60.6 Å². The quantitative estimate of drug-likeness (QED) is 0.758. The van der Waals surface area contributed by atoms with Crippen molar-refractivity contribution >= 4 is 11.3 Å². The predicted octanol–water partition coefficient (Wildman–Crippen LogP) is 4.02. The van der Waals surface area contributed by atoms with Gasteiger partial charge in [0, 0.05) is 30.1 Å². The molecule has 1 unspecified atom stereocenters. The Balaban J connectivity index is 1.44. The zero-order valence-electron chi connectivity index (χ0n) is 14.4. The molecule has 3 rings (SSSR count). The summed E-state index contributed by atoms with van der Waals surface area (Å²) in [6, 6.07) is 7.66. The van der Waals surface area contributed by atoms with Gasteiger partial charge in [-0.3, -0.25) is 0 Å². The molecule has 0 saturated heterocycles. The molecule has 0 aliphatic heterocycles. The highest BCUT2D eigenvalue weighted by molar-refractivity contribution is 7.11. The molecular weight excluding hydrogens is 320 g/mol. The molecule has 1 saturated carbocycles. The third-order valence-electron chi connectivity index (χ3n) is 4.30. The maximum atomic E-state index is 10.3. The highest BCUT2D eigenvalue weighted by Gasteiger charge is 2.22. The minimum atomic E-state index is -0.517. The number of aliphatic hydroxyl groups is 1. The van der Waals surface area contributed by atoms with Gasteiger partial charge in [-0.15, -0.1) is 11.3 Å². The molecule has 2 aromatic rings. The third-order valence-corrected chi connectivity index (χ3v) is 5.46. The molecule has 1 heterocycles. The molecule has 1 aliphatic carbocycles. The lowest BCUT2D eigenvalue weighted by Gasteiger charge is -2.22. The number of benzene rings is 1. The van der Waals surface area contributed by atoms with Crippen molar-refractivity contribution in [3.63, 3.8) is 0 Å². The number of thiazole rings is 1. The molecule has 1 aliphatic rings. The first-order valence-corrected chi connectivity index (χ1v) is 9.53. The van der Waals surface area contributed by atoms with Crippen molar-refractivity contribution in [1.29, 1.82) is 0 Å². The van der Waals surface area contributed by atoms with Gasteiger partial charge in [-0.25, -0.2) is 4.98 Å². The number of hydrogen-bond donors (Lipinski definition) is 2. The van der Waals surface area contributed by atoms with Crippen molar-refractivity contribution in [3.05, 3.63) is 45.9 Å². The molecule has 1 atom stereocenters. The van der Waals surface area contributed by atoms with Crippen LogP contribution in [0.3, 0.4) is 0 Å². The van der Waals surface area contributed by atoms with E-state index in [0.29, 0.717) is 12.5 Å². The summed E-state index contributed by atoms with van der Waals surface area (Å²) in [5.74, 6) is 1.53. The van der Waals surface area contributed by atoms with Gasteiger partial charge < -0.3 is 15.2 Å². The zero-order chi connectivity index (χ0) is 16.9. The van der Waals surface area contributed by atoms with E-state index in [2.05, 4.69) is 10.3 Å². The maximum Gasteiger partial charge on any atom is 0.119 e. The van der Waals surface area contributed by atoms with Crippen molar-refractivity contribution in [1.82, 2.24) is 10.3 Å². The molecule has 0 bridgehead atoms. The van der Waals surface area contributed by atoms with Crippen LogP contribution in [0, 0.1) is 0 Å². The molecule has 5 heteroatoms. The molecule has 24 heavy (non-hydrogen) atoms. The van der Waals surface area contributed by atoms with E-state index >= 15 is 0 Å². The summed E-state index contributed by atoms with van der Waals surface area (Å²) in [7, 11) is 0. The Kier molecular flexibility index (Phi) is 5.87. The second-order valence-corrected chi connectivity index (χ2v) is 7.82. The number of rotatable bonds is 8. The highest BCUT2D eigenvalue weighted by atomic mass is 32.1. The zero-order valence-corrected chi connectivity index (χ0v) is 15.2. The van der Waals surface area contributed by atoms with Crippen molar-refractivity contribution in [2.45, 2.75) is 57.8 Å². The van der Waals surface area contributed by atoms with Gasteiger partial charge in [0.25, 0.3) is 0 Å². The molecule has 0 amide bonds. The van der Waals surface area contributed by atoms with Gasteiger partial charge in [-0.1, -0.05) is 18.6 Å². The van der Waals surface area contributed by atoms with E-state index in [0.717, 1.165) is 17.9 Å². The molecule has 4 nitrogen and oxygen atoms in total. The second-order valence-electron chi connectivity index (χ2n) is 6.67. The van der Waals surface area contributed by atoms with Crippen molar-refractivity contribution in [3.8, 4) is 5.75 Å². The number of ether oxygens (including phenoxy) is 1. The van der Waals surface area contributed by atoms with Gasteiger partial charge in [0.2, 0.25) is 0 Å². The Morgan fingerprint density at radius 1 is 1.29 bits per heavy atom. The lowest BCUT2D eigenvalue weighted by molar-refractivity contribution is 0.174. The number of hydrogen-bond acceptors (Lipinski definition) is 5. The predicted molar refractivity (Wildman–Crippen MR) is 97.6 cm³/mol. The second kappa shape index (κ2) is 8.10. The summed E-state index contributed by atoms with van der Waals surface area (Å²) in [5.41, 5.74) is 0.901. The fraction of sp³-hybridized carbons (Fsp3) is 0.526. The number of aliphatic hydroxyl groups excluding tert-OH is 1. The average Bonchev–Trinajstić information content (AvgIpc) is 2.94. The van der Waals surface area contributed by atoms with Crippen molar-refractivity contribution in [2.75, 3.05) is 6.54 Å².